The summed E-state index contributed by atoms with van der Waals surface area (Å²) in [5.41, 5.74) is 4.08. The summed E-state index contributed by atoms with van der Waals surface area (Å²) in [5.74, 6) is 0.351. The zero-order valence-corrected chi connectivity index (χ0v) is 19.9. The molecule has 0 aromatic heterocycles. The van der Waals surface area contributed by atoms with Gasteiger partial charge in [0.05, 0.1) is 6.61 Å². The Morgan fingerprint density at radius 2 is 1.60 bits per heavy atom. The Morgan fingerprint density at radius 3 is 2.31 bits per heavy atom. The van der Waals surface area contributed by atoms with Gasteiger partial charge < -0.3 is 24.8 Å². The number of carbonyl (C=O) groups excluding carboxylic acids is 3. The number of hydrogen-bond donors (Lipinski definition) is 2. The predicted molar refractivity (Wildman–Crippen MR) is 132 cm³/mol. The van der Waals surface area contributed by atoms with Crippen LogP contribution in [0.15, 0.2) is 66.7 Å². The number of rotatable bonds is 9. The fourth-order valence-electron chi connectivity index (χ4n) is 3.11. The van der Waals surface area contributed by atoms with Gasteiger partial charge in [0.1, 0.15) is 11.5 Å². The number of nitrogens with one attached hydrogen (secondary N) is 2. The fourth-order valence-corrected chi connectivity index (χ4v) is 3.11. The Morgan fingerprint density at radius 1 is 0.857 bits per heavy atom. The van der Waals surface area contributed by atoms with Crippen LogP contribution in [0.5, 0.6) is 11.5 Å². The lowest BCUT2D eigenvalue weighted by atomic mass is 10.1. The molecule has 8 nitrogen and oxygen atoms in total. The zero-order valence-electron chi connectivity index (χ0n) is 19.9. The van der Waals surface area contributed by atoms with Crippen LogP contribution in [0.25, 0.3) is 0 Å². The Hall–Kier alpha value is -4.33. The number of hydrogen-bond acceptors (Lipinski definition) is 6. The Balaban J connectivity index is 1.48. The quantitative estimate of drug-likeness (QED) is 0.340. The minimum Gasteiger partial charge on any atom is -0.484 e. The summed E-state index contributed by atoms with van der Waals surface area (Å²) in [4.78, 5) is 36.1. The Kier molecular flexibility index (Phi) is 8.83. The average molecular weight is 477 g/mol. The molecule has 3 aromatic rings. The number of aryl methyl sites for hydroxylation is 2. The number of amides is 2. The van der Waals surface area contributed by atoms with Gasteiger partial charge >= 0.3 is 6.16 Å². The van der Waals surface area contributed by atoms with Crippen molar-refractivity contribution in [1.82, 2.24) is 5.32 Å². The van der Waals surface area contributed by atoms with E-state index in [1.807, 2.05) is 38.1 Å². The van der Waals surface area contributed by atoms with E-state index in [2.05, 4.69) is 10.6 Å². The topological polar surface area (TPSA) is 103 Å². The van der Waals surface area contributed by atoms with Gasteiger partial charge in [0, 0.05) is 17.8 Å². The molecule has 3 aromatic carbocycles. The SMILES string of the molecule is CCOC(=O)Oc1ccc(C(=O)NCc2cccc(NC(=O)COc3ccc(C)c(C)c3)c2)cc1. The maximum absolute atomic E-state index is 12.5. The molecule has 2 amide bonds. The molecule has 0 bridgehead atoms. The molecule has 0 heterocycles. The molecule has 8 heteroatoms. The van der Waals surface area contributed by atoms with E-state index in [0.717, 1.165) is 16.7 Å². The molecule has 0 aliphatic carbocycles. The number of anilines is 1. The maximum Gasteiger partial charge on any atom is 0.513 e. The second-order valence-electron chi connectivity index (χ2n) is 7.78. The first-order valence-electron chi connectivity index (χ1n) is 11.2. The van der Waals surface area contributed by atoms with Gasteiger partial charge in [0.25, 0.3) is 11.8 Å². The molecule has 0 atom stereocenters. The van der Waals surface area contributed by atoms with Crippen molar-refractivity contribution in [3.8, 4) is 11.5 Å². The molecule has 0 unspecified atom stereocenters. The standard InChI is InChI=1S/C27H28N2O6/c1-4-33-27(32)35-23-12-9-21(10-13-23)26(31)28-16-20-6-5-7-22(15-20)29-25(30)17-34-24-11-8-18(2)19(3)14-24/h5-15H,4,16-17H2,1-3H3,(H,28,31)(H,29,30). The lowest BCUT2D eigenvalue weighted by Crippen LogP contribution is -2.23. The summed E-state index contributed by atoms with van der Waals surface area (Å²) in [6.45, 7) is 6.05. The van der Waals surface area contributed by atoms with Crippen molar-refractivity contribution >= 4 is 23.7 Å². The van der Waals surface area contributed by atoms with Crippen molar-refractivity contribution in [2.24, 2.45) is 0 Å². The van der Waals surface area contributed by atoms with E-state index in [9.17, 15) is 14.4 Å². The predicted octanol–water partition coefficient (Wildman–Crippen LogP) is 4.79. The van der Waals surface area contributed by atoms with Gasteiger partial charge in [0.15, 0.2) is 6.61 Å². The second kappa shape index (κ2) is 12.2. The highest BCUT2D eigenvalue weighted by Crippen LogP contribution is 2.17. The van der Waals surface area contributed by atoms with Crippen LogP contribution in [-0.4, -0.2) is 31.2 Å². The highest BCUT2D eigenvalue weighted by atomic mass is 16.7. The summed E-state index contributed by atoms with van der Waals surface area (Å²) < 4.78 is 15.3. The monoisotopic (exact) mass is 476 g/mol. The molecule has 0 aliphatic rings. The first-order chi connectivity index (χ1) is 16.8. The van der Waals surface area contributed by atoms with Crippen LogP contribution in [0.3, 0.4) is 0 Å². The van der Waals surface area contributed by atoms with Crippen LogP contribution in [0.4, 0.5) is 10.5 Å². The summed E-state index contributed by atoms with van der Waals surface area (Å²) in [7, 11) is 0. The largest absolute Gasteiger partial charge is 0.513 e. The molecule has 0 radical (unpaired) electrons. The number of carbonyl (C=O) groups is 3. The van der Waals surface area contributed by atoms with Gasteiger partial charge in [-0.05, 0) is 86.0 Å². The number of ether oxygens (including phenoxy) is 3. The molecule has 2 N–H and O–H groups in total. The van der Waals surface area contributed by atoms with E-state index in [1.165, 1.54) is 12.1 Å². The average Bonchev–Trinajstić information content (AvgIpc) is 2.84. The molecule has 182 valence electrons. The number of benzene rings is 3. The third-order valence-corrected chi connectivity index (χ3v) is 5.09. The lowest BCUT2D eigenvalue weighted by molar-refractivity contribution is -0.118. The molecular weight excluding hydrogens is 448 g/mol. The molecule has 0 saturated heterocycles. The minimum atomic E-state index is -0.798. The fraction of sp³-hybridized carbons (Fsp3) is 0.222. The second-order valence-corrected chi connectivity index (χ2v) is 7.78. The van der Waals surface area contributed by atoms with Crippen molar-refractivity contribution < 1.29 is 28.6 Å². The lowest BCUT2D eigenvalue weighted by Gasteiger charge is -2.11. The third-order valence-electron chi connectivity index (χ3n) is 5.09. The summed E-state index contributed by atoms with van der Waals surface area (Å²) in [5, 5.41) is 5.62. The Labute approximate surface area is 204 Å². The Bertz CT molecular complexity index is 1190. The summed E-state index contributed by atoms with van der Waals surface area (Å²) >= 11 is 0. The van der Waals surface area contributed by atoms with Crippen LogP contribution in [0, 0.1) is 13.8 Å². The van der Waals surface area contributed by atoms with Gasteiger partial charge in [-0.3, -0.25) is 9.59 Å². The molecule has 0 fully saturated rings. The van der Waals surface area contributed by atoms with Crippen LogP contribution in [-0.2, 0) is 16.1 Å². The van der Waals surface area contributed by atoms with Gasteiger partial charge in [-0.15, -0.1) is 0 Å². The van der Waals surface area contributed by atoms with Crippen LogP contribution in [0.2, 0.25) is 0 Å². The van der Waals surface area contributed by atoms with E-state index >= 15 is 0 Å². The molecule has 35 heavy (non-hydrogen) atoms. The minimum absolute atomic E-state index is 0.112. The molecule has 0 spiro atoms. The third kappa shape index (κ3) is 7.89. The molecule has 3 rings (SSSR count). The van der Waals surface area contributed by atoms with Gasteiger partial charge in [-0.1, -0.05) is 18.2 Å². The van der Waals surface area contributed by atoms with Crippen molar-refractivity contribution in [2.45, 2.75) is 27.3 Å². The first-order valence-corrected chi connectivity index (χ1v) is 11.2. The van der Waals surface area contributed by atoms with Crippen molar-refractivity contribution in [3.05, 3.63) is 89.0 Å². The van der Waals surface area contributed by atoms with Gasteiger partial charge in [-0.25, -0.2) is 4.79 Å². The van der Waals surface area contributed by atoms with Crippen LogP contribution in [0.1, 0.15) is 34.0 Å². The molecular formula is C27H28N2O6. The van der Waals surface area contributed by atoms with Gasteiger partial charge in [-0.2, -0.15) is 0 Å². The molecule has 0 saturated carbocycles. The van der Waals surface area contributed by atoms with Crippen LogP contribution >= 0.6 is 0 Å². The van der Waals surface area contributed by atoms with Crippen molar-refractivity contribution in [1.29, 1.82) is 0 Å². The van der Waals surface area contributed by atoms with E-state index in [1.54, 1.807) is 37.3 Å². The summed E-state index contributed by atoms with van der Waals surface area (Å²) in [6, 6.07) is 19.0. The van der Waals surface area contributed by atoms with E-state index in [4.69, 9.17) is 14.2 Å². The first kappa shape index (κ1) is 25.3. The van der Waals surface area contributed by atoms with Crippen molar-refractivity contribution in [3.63, 3.8) is 0 Å². The molecule has 0 aliphatic heterocycles. The van der Waals surface area contributed by atoms with Crippen molar-refractivity contribution in [2.75, 3.05) is 18.5 Å². The normalized spacial score (nSPS) is 10.3. The van der Waals surface area contributed by atoms with E-state index in [-0.39, 0.29) is 37.3 Å². The smallest absolute Gasteiger partial charge is 0.484 e. The highest BCUT2D eigenvalue weighted by molar-refractivity contribution is 5.94. The zero-order chi connectivity index (χ0) is 25.2. The van der Waals surface area contributed by atoms with Gasteiger partial charge in [0.2, 0.25) is 0 Å². The van der Waals surface area contributed by atoms with E-state index < -0.39 is 6.16 Å². The maximum atomic E-state index is 12.5. The van der Waals surface area contributed by atoms with E-state index in [0.29, 0.717) is 17.0 Å². The van der Waals surface area contributed by atoms with Crippen LogP contribution < -0.4 is 20.1 Å². The summed E-state index contributed by atoms with van der Waals surface area (Å²) in [6.07, 6.45) is -0.798. The highest BCUT2D eigenvalue weighted by Gasteiger charge is 2.09.